The molecule has 6 heteroatoms. The molecule has 2 rings (SSSR count). The number of fused-ring (bicyclic) bond motifs is 1. The Kier molecular flexibility index (Phi) is 3.41. The maximum absolute atomic E-state index is 11.9. The number of Topliss-reactive ketones (excluding diaryl/α,β-unsaturated/α-hetero) is 1. The molecular formula is C13H14N2O4. The summed E-state index contributed by atoms with van der Waals surface area (Å²) < 4.78 is 10.4. The molecule has 0 unspecified atom stereocenters. The molecule has 100 valence electrons. The number of hydrogen-bond donors (Lipinski definition) is 2. The number of carbonyl (C=O) groups is 2. The fourth-order valence-electron chi connectivity index (χ4n) is 1.88. The average molecular weight is 262 g/mol. The molecule has 0 aliphatic heterocycles. The Labute approximate surface area is 109 Å². The molecule has 0 fully saturated rings. The lowest BCUT2D eigenvalue weighted by atomic mass is 10.1. The van der Waals surface area contributed by atoms with E-state index in [4.69, 9.17) is 9.47 Å². The van der Waals surface area contributed by atoms with Gasteiger partial charge in [-0.1, -0.05) is 0 Å². The molecule has 1 aromatic heterocycles. The Morgan fingerprint density at radius 3 is 2.53 bits per heavy atom. The van der Waals surface area contributed by atoms with E-state index in [1.807, 2.05) is 0 Å². The largest absolute Gasteiger partial charge is 0.497 e. The van der Waals surface area contributed by atoms with Gasteiger partial charge in [-0.15, -0.1) is 0 Å². The molecule has 6 nitrogen and oxygen atoms in total. The van der Waals surface area contributed by atoms with Crippen molar-refractivity contribution in [2.45, 2.75) is 0 Å². The Morgan fingerprint density at radius 2 is 1.95 bits per heavy atom. The van der Waals surface area contributed by atoms with E-state index in [1.165, 1.54) is 27.5 Å². The molecule has 1 amide bonds. The number of methoxy groups -OCH3 is 2. The summed E-state index contributed by atoms with van der Waals surface area (Å²) in [6.07, 6.45) is 1.49. The van der Waals surface area contributed by atoms with Gasteiger partial charge >= 0.3 is 0 Å². The van der Waals surface area contributed by atoms with Gasteiger partial charge in [0.15, 0.2) is 0 Å². The second-order valence-electron chi connectivity index (χ2n) is 3.86. The van der Waals surface area contributed by atoms with Crippen molar-refractivity contribution in [3.8, 4) is 11.5 Å². The highest BCUT2D eigenvalue weighted by molar-refractivity contribution is 6.45. The van der Waals surface area contributed by atoms with Crippen molar-refractivity contribution in [2.24, 2.45) is 0 Å². The van der Waals surface area contributed by atoms with Crippen molar-refractivity contribution in [1.82, 2.24) is 10.3 Å². The number of hydrogen-bond acceptors (Lipinski definition) is 4. The quantitative estimate of drug-likeness (QED) is 0.639. The molecule has 2 aromatic rings. The van der Waals surface area contributed by atoms with Gasteiger partial charge in [-0.25, -0.2) is 0 Å². The topological polar surface area (TPSA) is 80.4 Å². The molecule has 0 saturated heterocycles. The molecule has 1 aromatic carbocycles. The lowest BCUT2D eigenvalue weighted by Crippen LogP contribution is -2.27. The predicted octanol–water partition coefficient (Wildman–Crippen LogP) is 1.11. The van der Waals surface area contributed by atoms with E-state index in [1.54, 1.807) is 12.1 Å². The van der Waals surface area contributed by atoms with Gasteiger partial charge in [-0.3, -0.25) is 9.59 Å². The molecule has 0 atom stereocenters. The second kappa shape index (κ2) is 5.01. The Bertz CT molecular complexity index is 645. The van der Waals surface area contributed by atoms with Crippen LogP contribution in [0.4, 0.5) is 0 Å². The fourth-order valence-corrected chi connectivity index (χ4v) is 1.88. The van der Waals surface area contributed by atoms with Gasteiger partial charge in [0.1, 0.15) is 11.5 Å². The number of ether oxygens (including phenoxy) is 2. The van der Waals surface area contributed by atoms with Crippen molar-refractivity contribution >= 4 is 22.6 Å². The minimum atomic E-state index is -0.664. The Balaban J connectivity index is 2.64. The molecule has 1 heterocycles. The smallest absolute Gasteiger partial charge is 0.292 e. The first kappa shape index (κ1) is 12.9. The number of aromatic nitrogens is 1. The number of H-pyrrole nitrogens is 1. The SMILES string of the molecule is CNC(=O)C(=O)c1c[nH]c2c(OC)cc(OC)cc12. The summed E-state index contributed by atoms with van der Waals surface area (Å²) in [6, 6.07) is 3.39. The van der Waals surface area contributed by atoms with E-state index >= 15 is 0 Å². The van der Waals surface area contributed by atoms with Gasteiger partial charge < -0.3 is 19.8 Å². The first-order chi connectivity index (χ1) is 9.12. The van der Waals surface area contributed by atoms with Crippen LogP contribution in [0.3, 0.4) is 0 Å². The van der Waals surface area contributed by atoms with Crippen molar-refractivity contribution in [3.63, 3.8) is 0 Å². The van der Waals surface area contributed by atoms with E-state index < -0.39 is 11.7 Å². The van der Waals surface area contributed by atoms with Gasteiger partial charge in [-0.2, -0.15) is 0 Å². The summed E-state index contributed by atoms with van der Waals surface area (Å²) in [4.78, 5) is 26.3. The van der Waals surface area contributed by atoms with E-state index in [0.29, 0.717) is 22.4 Å². The highest BCUT2D eigenvalue weighted by atomic mass is 16.5. The number of benzene rings is 1. The zero-order chi connectivity index (χ0) is 14.0. The molecule has 0 aliphatic carbocycles. The van der Waals surface area contributed by atoms with Crippen LogP contribution in [0.15, 0.2) is 18.3 Å². The number of nitrogens with one attached hydrogen (secondary N) is 2. The summed E-state index contributed by atoms with van der Waals surface area (Å²) in [5.41, 5.74) is 0.933. The maximum Gasteiger partial charge on any atom is 0.292 e. The van der Waals surface area contributed by atoms with Crippen LogP contribution >= 0.6 is 0 Å². The molecule has 0 saturated carbocycles. The highest BCUT2D eigenvalue weighted by Gasteiger charge is 2.20. The monoisotopic (exact) mass is 262 g/mol. The zero-order valence-corrected chi connectivity index (χ0v) is 10.9. The van der Waals surface area contributed by atoms with E-state index in [2.05, 4.69) is 10.3 Å². The van der Waals surface area contributed by atoms with E-state index in [0.717, 1.165) is 0 Å². The van der Waals surface area contributed by atoms with Gasteiger partial charge in [-0.05, 0) is 6.07 Å². The van der Waals surface area contributed by atoms with Gasteiger partial charge in [0.25, 0.3) is 11.7 Å². The highest BCUT2D eigenvalue weighted by Crippen LogP contribution is 2.32. The number of amides is 1. The molecule has 19 heavy (non-hydrogen) atoms. The van der Waals surface area contributed by atoms with Gasteiger partial charge in [0.05, 0.1) is 25.3 Å². The average Bonchev–Trinajstić information content (AvgIpc) is 2.88. The van der Waals surface area contributed by atoms with Crippen LogP contribution in [0.1, 0.15) is 10.4 Å². The summed E-state index contributed by atoms with van der Waals surface area (Å²) in [7, 11) is 4.46. The lowest BCUT2D eigenvalue weighted by molar-refractivity contribution is -0.116. The van der Waals surface area contributed by atoms with E-state index in [9.17, 15) is 9.59 Å². The minimum Gasteiger partial charge on any atom is -0.497 e. The van der Waals surface area contributed by atoms with Crippen LogP contribution in [0, 0.1) is 0 Å². The van der Waals surface area contributed by atoms with Crippen LogP contribution in [-0.4, -0.2) is 37.9 Å². The number of aromatic amines is 1. The Hall–Kier alpha value is -2.50. The maximum atomic E-state index is 11.9. The fraction of sp³-hybridized carbons (Fsp3) is 0.231. The van der Waals surface area contributed by atoms with Crippen LogP contribution < -0.4 is 14.8 Å². The number of carbonyl (C=O) groups excluding carboxylic acids is 2. The number of likely N-dealkylation sites (N-methyl/N-ethyl adjacent to an activating group) is 1. The van der Waals surface area contributed by atoms with E-state index in [-0.39, 0.29) is 5.56 Å². The van der Waals surface area contributed by atoms with Crippen molar-refractivity contribution in [1.29, 1.82) is 0 Å². The van der Waals surface area contributed by atoms with Crippen molar-refractivity contribution in [3.05, 3.63) is 23.9 Å². The Morgan fingerprint density at radius 1 is 1.21 bits per heavy atom. The second-order valence-corrected chi connectivity index (χ2v) is 3.86. The predicted molar refractivity (Wildman–Crippen MR) is 69.8 cm³/mol. The zero-order valence-electron chi connectivity index (χ0n) is 10.9. The first-order valence-corrected chi connectivity index (χ1v) is 5.62. The van der Waals surface area contributed by atoms with Crippen LogP contribution in [-0.2, 0) is 4.79 Å². The number of ketones is 1. The van der Waals surface area contributed by atoms with Crippen LogP contribution in [0.25, 0.3) is 10.9 Å². The first-order valence-electron chi connectivity index (χ1n) is 5.62. The standard InChI is InChI=1S/C13H14N2O4/c1-14-13(17)12(16)9-6-15-11-8(9)4-7(18-2)5-10(11)19-3/h4-6,15H,1-3H3,(H,14,17). The van der Waals surface area contributed by atoms with Gasteiger partial charge in [0, 0.05) is 24.7 Å². The van der Waals surface area contributed by atoms with Crippen molar-refractivity contribution < 1.29 is 19.1 Å². The minimum absolute atomic E-state index is 0.284. The third-order valence-electron chi connectivity index (χ3n) is 2.86. The molecule has 0 radical (unpaired) electrons. The van der Waals surface area contributed by atoms with Crippen LogP contribution in [0.5, 0.6) is 11.5 Å². The molecule has 2 N–H and O–H groups in total. The molecule has 0 bridgehead atoms. The molecule has 0 spiro atoms. The third-order valence-corrected chi connectivity index (χ3v) is 2.86. The molecular weight excluding hydrogens is 248 g/mol. The van der Waals surface area contributed by atoms with Crippen molar-refractivity contribution in [2.75, 3.05) is 21.3 Å². The van der Waals surface area contributed by atoms with Crippen LogP contribution in [0.2, 0.25) is 0 Å². The lowest BCUT2D eigenvalue weighted by Gasteiger charge is -2.06. The number of rotatable bonds is 4. The summed E-state index contributed by atoms with van der Waals surface area (Å²) in [5.74, 6) is -0.174. The third kappa shape index (κ3) is 2.12. The summed E-state index contributed by atoms with van der Waals surface area (Å²) >= 11 is 0. The summed E-state index contributed by atoms with van der Waals surface area (Å²) in [5, 5.41) is 2.90. The summed E-state index contributed by atoms with van der Waals surface area (Å²) in [6.45, 7) is 0. The normalized spacial score (nSPS) is 10.3. The van der Waals surface area contributed by atoms with Gasteiger partial charge in [0.2, 0.25) is 0 Å². The molecule has 0 aliphatic rings.